The first-order chi connectivity index (χ1) is 15.8. The minimum atomic E-state index is -3.49. The number of hydrogen-bond donors (Lipinski definition) is 2. The average molecular weight is 505 g/mol. The lowest BCUT2D eigenvalue weighted by Crippen LogP contribution is -2.12. The molecule has 0 saturated carbocycles. The van der Waals surface area contributed by atoms with Crippen LogP contribution in [-0.4, -0.2) is 30.5 Å². The lowest BCUT2D eigenvalue weighted by atomic mass is 10.2. The van der Waals surface area contributed by atoms with Gasteiger partial charge >= 0.3 is 0 Å². The second kappa shape index (κ2) is 9.61. The van der Waals surface area contributed by atoms with Gasteiger partial charge in [-0.1, -0.05) is 11.6 Å². The van der Waals surface area contributed by atoms with Crippen LogP contribution in [0.5, 0.6) is 5.75 Å². The van der Waals surface area contributed by atoms with Crippen molar-refractivity contribution >= 4 is 50.2 Å². The lowest BCUT2D eigenvalue weighted by molar-refractivity contribution is 0.103. The minimum absolute atomic E-state index is 0.189. The van der Waals surface area contributed by atoms with Gasteiger partial charge in [-0.2, -0.15) is 0 Å². The predicted octanol–water partition coefficient (Wildman–Crippen LogP) is 4.65. The van der Waals surface area contributed by atoms with Crippen LogP contribution in [0.15, 0.2) is 65.0 Å². The van der Waals surface area contributed by atoms with Crippen LogP contribution in [0.3, 0.4) is 0 Å². The predicted molar refractivity (Wildman–Crippen MR) is 126 cm³/mol. The lowest BCUT2D eigenvalue weighted by Gasteiger charge is -2.09. The molecule has 2 N–H and O–H groups in total. The largest absolute Gasteiger partial charge is 0.483 e. The number of carbonyl (C=O) groups excluding carboxylic acids is 1. The van der Waals surface area contributed by atoms with E-state index in [4.69, 9.17) is 20.8 Å². The number of halogens is 1. The summed E-state index contributed by atoms with van der Waals surface area (Å²) in [6.45, 7) is 0.189. The molecule has 4 aromatic rings. The number of amides is 1. The maximum atomic E-state index is 12.8. The van der Waals surface area contributed by atoms with E-state index in [0.717, 1.165) is 6.26 Å². The normalized spacial score (nSPS) is 11.2. The number of nitrogens with zero attached hydrogens (tertiary/aromatic N) is 2. The average Bonchev–Trinajstić information content (AvgIpc) is 3.43. The summed E-state index contributed by atoms with van der Waals surface area (Å²) in [6, 6.07) is 9.68. The van der Waals surface area contributed by atoms with Crippen molar-refractivity contribution in [3.8, 4) is 17.0 Å². The van der Waals surface area contributed by atoms with Crippen LogP contribution >= 0.6 is 22.9 Å². The highest BCUT2D eigenvalue weighted by molar-refractivity contribution is 7.92. The SMILES string of the molecule is CS(=O)(=O)Nc1cc(Cl)cc(NC(=O)c2cc(-c3ncccc3OCc3cnco3)cs2)c1. The van der Waals surface area contributed by atoms with Crippen molar-refractivity contribution in [3.05, 3.63) is 76.2 Å². The Morgan fingerprint density at radius 3 is 2.82 bits per heavy atom. The maximum Gasteiger partial charge on any atom is 0.265 e. The summed E-state index contributed by atoms with van der Waals surface area (Å²) in [5.74, 6) is 0.727. The van der Waals surface area contributed by atoms with Crippen LogP contribution in [-0.2, 0) is 16.6 Å². The van der Waals surface area contributed by atoms with Gasteiger partial charge in [0.15, 0.2) is 12.2 Å². The molecule has 33 heavy (non-hydrogen) atoms. The Morgan fingerprint density at radius 2 is 2.06 bits per heavy atom. The fourth-order valence-electron chi connectivity index (χ4n) is 2.89. The molecule has 1 aromatic carbocycles. The number of sulfonamides is 1. The molecule has 0 aliphatic heterocycles. The maximum absolute atomic E-state index is 12.8. The molecule has 1 amide bonds. The summed E-state index contributed by atoms with van der Waals surface area (Å²) in [4.78, 5) is 21.4. The van der Waals surface area contributed by atoms with E-state index < -0.39 is 10.0 Å². The van der Waals surface area contributed by atoms with Crippen molar-refractivity contribution in [2.24, 2.45) is 0 Å². The fraction of sp³-hybridized carbons (Fsp3) is 0.0952. The highest BCUT2D eigenvalue weighted by Gasteiger charge is 2.15. The van der Waals surface area contributed by atoms with Gasteiger partial charge < -0.3 is 14.5 Å². The van der Waals surface area contributed by atoms with E-state index in [1.165, 1.54) is 35.9 Å². The standard InChI is InChI=1S/C21H17ClN4O5S2/c1-33(28,29)26-16-7-14(22)6-15(8-16)25-21(27)19-5-13(11-32-19)20-18(3-2-4-24-20)30-10-17-9-23-12-31-17/h2-9,11-12,26H,10H2,1H3,(H,25,27). The zero-order valence-corrected chi connectivity index (χ0v) is 19.5. The van der Waals surface area contributed by atoms with E-state index in [9.17, 15) is 13.2 Å². The van der Waals surface area contributed by atoms with Gasteiger partial charge in [0, 0.05) is 27.9 Å². The Morgan fingerprint density at radius 1 is 1.24 bits per heavy atom. The summed E-state index contributed by atoms with van der Waals surface area (Å²) in [5, 5.41) is 4.80. The molecule has 0 unspecified atom stereocenters. The number of pyridine rings is 1. The summed E-state index contributed by atoms with van der Waals surface area (Å²) >= 11 is 7.29. The number of ether oxygens (including phenoxy) is 1. The topological polar surface area (TPSA) is 123 Å². The molecule has 9 nitrogen and oxygen atoms in total. The first-order valence-electron chi connectivity index (χ1n) is 9.41. The van der Waals surface area contributed by atoms with Gasteiger partial charge in [0.05, 0.1) is 23.0 Å². The van der Waals surface area contributed by atoms with E-state index in [0.29, 0.717) is 33.3 Å². The summed E-state index contributed by atoms with van der Waals surface area (Å²) in [6.07, 6.45) is 5.55. The van der Waals surface area contributed by atoms with E-state index in [2.05, 4.69) is 20.0 Å². The number of thiophene rings is 1. The zero-order chi connectivity index (χ0) is 23.4. The molecule has 12 heteroatoms. The van der Waals surface area contributed by atoms with E-state index >= 15 is 0 Å². The number of anilines is 2. The van der Waals surface area contributed by atoms with Crippen LogP contribution in [0, 0.1) is 0 Å². The van der Waals surface area contributed by atoms with Crippen molar-refractivity contribution < 1.29 is 22.4 Å². The van der Waals surface area contributed by atoms with Crippen molar-refractivity contribution in [2.45, 2.75) is 6.61 Å². The Balaban J connectivity index is 1.51. The van der Waals surface area contributed by atoms with Crippen LogP contribution in [0.25, 0.3) is 11.3 Å². The number of nitrogens with one attached hydrogen (secondary N) is 2. The van der Waals surface area contributed by atoms with Crippen molar-refractivity contribution in [3.63, 3.8) is 0 Å². The smallest absolute Gasteiger partial charge is 0.265 e. The number of oxazole rings is 1. The van der Waals surface area contributed by atoms with Gasteiger partial charge in [0.1, 0.15) is 18.1 Å². The zero-order valence-electron chi connectivity index (χ0n) is 17.1. The first-order valence-corrected chi connectivity index (χ1v) is 12.6. The molecule has 0 aliphatic carbocycles. The molecule has 3 heterocycles. The molecular formula is C21H17ClN4O5S2. The van der Waals surface area contributed by atoms with Crippen molar-refractivity contribution in [1.29, 1.82) is 0 Å². The Labute approximate surface area is 198 Å². The monoisotopic (exact) mass is 504 g/mol. The van der Waals surface area contributed by atoms with Gasteiger partial charge in [-0.15, -0.1) is 11.3 Å². The Kier molecular flexibility index (Phi) is 6.63. The second-order valence-corrected chi connectivity index (χ2v) is 9.96. The van der Waals surface area contributed by atoms with Crippen LogP contribution in [0.1, 0.15) is 15.4 Å². The molecule has 4 rings (SSSR count). The van der Waals surface area contributed by atoms with Crippen LogP contribution in [0.4, 0.5) is 11.4 Å². The fourth-order valence-corrected chi connectivity index (χ4v) is 4.46. The molecule has 0 radical (unpaired) electrons. The van der Waals surface area contributed by atoms with E-state index in [1.807, 2.05) is 0 Å². The van der Waals surface area contributed by atoms with Gasteiger partial charge in [-0.05, 0) is 36.4 Å². The molecule has 0 atom stereocenters. The van der Waals surface area contributed by atoms with Gasteiger partial charge in [-0.3, -0.25) is 14.5 Å². The third-order valence-electron chi connectivity index (χ3n) is 4.18. The van der Waals surface area contributed by atoms with E-state index in [-0.39, 0.29) is 23.2 Å². The number of benzene rings is 1. The first kappa shape index (κ1) is 22.8. The third-order valence-corrected chi connectivity index (χ3v) is 5.93. The summed E-state index contributed by atoms with van der Waals surface area (Å²) in [7, 11) is -3.49. The van der Waals surface area contributed by atoms with Crippen molar-refractivity contribution in [1.82, 2.24) is 9.97 Å². The van der Waals surface area contributed by atoms with E-state index in [1.54, 1.807) is 36.0 Å². The molecule has 0 aliphatic rings. The van der Waals surface area contributed by atoms with Gasteiger partial charge in [0.2, 0.25) is 10.0 Å². The molecule has 0 spiro atoms. The number of aromatic nitrogens is 2. The molecule has 3 aromatic heterocycles. The third kappa shape index (κ3) is 6.09. The molecule has 0 saturated heterocycles. The molecule has 0 fully saturated rings. The van der Waals surface area contributed by atoms with Gasteiger partial charge in [-0.25, -0.2) is 13.4 Å². The van der Waals surface area contributed by atoms with Crippen molar-refractivity contribution in [2.75, 3.05) is 16.3 Å². The Hall–Kier alpha value is -3.41. The molecule has 0 bridgehead atoms. The quantitative estimate of drug-likeness (QED) is 0.358. The Bertz CT molecular complexity index is 1390. The molecular weight excluding hydrogens is 488 g/mol. The van der Waals surface area contributed by atoms with Crippen LogP contribution < -0.4 is 14.8 Å². The number of hydrogen-bond acceptors (Lipinski definition) is 8. The second-order valence-electron chi connectivity index (χ2n) is 6.86. The highest BCUT2D eigenvalue weighted by atomic mass is 35.5. The number of carbonyl (C=O) groups is 1. The minimum Gasteiger partial charge on any atom is -0.483 e. The summed E-state index contributed by atoms with van der Waals surface area (Å²) in [5.41, 5.74) is 1.88. The van der Waals surface area contributed by atoms with Crippen LogP contribution in [0.2, 0.25) is 5.02 Å². The molecule has 170 valence electrons. The number of rotatable bonds is 8. The van der Waals surface area contributed by atoms with Gasteiger partial charge in [0.25, 0.3) is 5.91 Å². The summed E-state index contributed by atoms with van der Waals surface area (Å²) < 4.78 is 36.3. The highest BCUT2D eigenvalue weighted by Crippen LogP contribution is 2.32.